The second-order valence-electron chi connectivity index (χ2n) is 7.37. The summed E-state index contributed by atoms with van der Waals surface area (Å²) in [6, 6.07) is 14.5. The van der Waals surface area contributed by atoms with Gasteiger partial charge in [0, 0.05) is 0 Å². The molecule has 0 radical (unpaired) electrons. The Kier molecular flexibility index (Phi) is 7.64. The molecule has 26 heavy (non-hydrogen) atoms. The molecule has 0 N–H and O–H groups in total. The van der Waals surface area contributed by atoms with Crippen molar-refractivity contribution >= 4 is 5.69 Å². The molecule has 2 aromatic rings. The Morgan fingerprint density at radius 3 is 2.38 bits per heavy atom. The van der Waals surface area contributed by atoms with Crippen molar-refractivity contribution in [3.05, 3.63) is 58.6 Å². The van der Waals surface area contributed by atoms with Crippen LogP contribution in [0.2, 0.25) is 0 Å². The average molecular weight is 355 g/mol. The Bertz CT molecular complexity index is 698. The van der Waals surface area contributed by atoms with Crippen LogP contribution in [0.4, 0.5) is 5.69 Å². The molecule has 4 heteroatoms. The van der Waals surface area contributed by atoms with Gasteiger partial charge in [-0.25, -0.2) is 0 Å². The third kappa shape index (κ3) is 6.17. The molecule has 0 saturated carbocycles. The number of nitro benzene ring substituents is 1. The normalized spacial score (nSPS) is 12.2. The van der Waals surface area contributed by atoms with Crippen molar-refractivity contribution < 1.29 is 9.66 Å². The van der Waals surface area contributed by atoms with Gasteiger partial charge in [0.2, 0.25) is 0 Å². The van der Waals surface area contributed by atoms with Gasteiger partial charge in [-0.05, 0) is 36.0 Å². The van der Waals surface area contributed by atoms with Crippen LogP contribution in [-0.2, 0) is 0 Å². The second kappa shape index (κ2) is 9.95. The minimum atomic E-state index is -0.344. The summed E-state index contributed by atoms with van der Waals surface area (Å²) in [5.74, 6) is 1.92. The monoisotopic (exact) mass is 355 g/mol. The van der Waals surface area contributed by atoms with Gasteiger partial charge in [-0.15, -0.1) is 0 Å². The molecule has 0 aliphatic rings. The van der Waals surface area contributed by atoms with Gasteiger partial charge in [-0.1, -0.05) is 70.4 Å². The zero-order chi connectivity index (χ0) is 18.9. The fourth-order valence-corrected chi connectivity index (χ4v) is 3.01. The molecule has 0 amide bonds. The molecule has 0 aliphatic heterocycles. The lowest BCUT2D eigenvalue weighted by atomic mass is 9.98. The zero-order valence-corrected chi connectivity index (χ0v) is 16.0. The largest absolute Gasteiger partial charge is 0.493 e. The molecule has 2 aromatic carbocycles. The van der Waals surface area contributed by atoms with Crippen LogP contribution in [0.5, 0.6) is 5.75 Å². The lowest BCUT2D eigenvalue weighted by molar-refractivity contribution is -0.384. The maximum atomic E-state index is 11.5. The van der Waals surface area contributed by atoms with Crippen molar-refractivity contribution in [1.82, 2.24) is 0 Å². The summed E-state index contributed by atoms with van der Waals surface area (Å²) in [6.45, 7) is 7.33. The zero-order valence-electron chi connectivity index (χ0n) is 16.0. The van der Waals surface area contributed by atoms with Crippen LogP contribution in [0, 0.1) is 22.0 Å². The number of hydrogen-bond acceptors (Lipinski definition) is 3. The van der Waals surface area contributed by atoms with E-state index in [9.17, 15) is 10.1 Å². The molecule has 1 atom stereocenters. The van der Waals surface area contributed by atoms with Crippen LogP contribution in [0.25, 0.3) is 11.1 Å². The Hall–Kier alpha value is -2.36. The number of nitro groups is 1. The highest BCUT2D eigenvalue weighted by Crippen LogP contribution is 2.33. The molecule has 0 bridgehead atoms. The molecule has 0 fully saturated rings. The van der Waals surface area contributed by atoms with Crippen molar-refractivity contribution in [1.29, 1.82) is 0 Å². The predicted octanol–water partition coefficient (Wildman–Crippen LogP) is 6.49. The molecule has 2 rings (SSSR count). The van der Waals surface area contributed by atoms with Crippen LogP contribution < -0.4 is 4.74 Å². The van der Waals surface area contributed by atoms with E-state index < -0.39 is 0 Å². The summed E-state index contributed by atoms with van der Waals surface area (Å²) in [5.41, 5.74) is 1.54. The summed E-state index contributed by atoms with van der Waals surface area (Å²) in [7, 11) is 0. The lowest BCUT2D eigenvalue weighted by Crippen LogP contribution is -2.05. The van der Waals surface area contributed by atoms with Crippen LogP contribution >= 0.6 is 0 Å². The molecular weight excluding hydrogens is 326 g/mol. The molecular formula is C22H29NO3. The van der Waals surface area contributed by atoms with Crippen LogP contribution in [0.15, 0.2) is 48.5 Å². The van der Waals surface area contributed by atoms with E-state index in [1.807, 2.05) is 36.4 Å². The summed E-state index contributed by atoms with van der Waals surface area (Å²) >= 11 is 0. The summed E-state index contributed by atoms with van der Waals surface area (Å²) in [4.78, 5) is 11.1. The predicted molar refractivity (Wildman–Crippen MR) is 106 cm³/mol. The molecule has 0 saturated heterocycles. The van der Waals surface area contributed by atoms with Gasteiger partial charge in [0.15, 0.2) is 0 Å². The second-order valence-corrected chi connectivity index (χ2v) is 7.37. The van der Waals surface area contributed by atoms with E-state index in [1.54, 1.807) is 6.07 Å². The number of rotatable bonds is 10. The first kappa shape index (κ1) is 20.0. The third-order valence-electron chi connectivity index (χ3n) is 4.61. The first-order chi connectivity index (χ1) is 12.5. The van der Waals surface area contributed by atoms with Crippen molar-refractivity contribution in [2.24, 2.45) is 11.8 Å². The highest BCUT2D eigenvalue weighted by Gasteiger charge is 2.16. The maximum Gasteiger partial charge on any atom is 0.280 e. The van der Waals surface area contributed by atoms with Crippen molar-refractivity contribution in [2.45, 2.75) is 46.5 Å². The fourth-order valence-electron chi connectivity index (χ4n) is 3.01. The quantitative estimate of drug-likeness (QED) is 0.361. The summed E-state index contributed by atoms with van der Waals surface area (Å²) < 4.78 is 5.78. The minimum Gasteiger partial charge on any atom is -0.493 e. The topological polar surface area (TPSA) is 52.4 Å². The van der Waals surface area contributed by atoms with Gasteiger partial charge >= 0.3 is 0 Å². The van der Waals surface area contributed by atoms with Crippen molar-refractivity contribution in [2.75, 3.05) is 6.61 Å². The first-order valence-corrected chi connectivity index (χ1v) is 9.44. The standard InChI is InChI=1S/C22H29NO3/c1-17(2)8-7-9-18(3)14-15-26-20-12-13-21(22(16-20)23(24)25)19-10-5-4-6-11-19/h4-6,10-13,16-18H,7-9,14-15H2,1-3H3. The van der Waals surface area contributed by atoms with Crippen LogP contribution in [0.1, 0.15) is 46.5 Å². The molecule has 0 aromatic heterocycles. The fraction of sp³-hybridized carbons (Fsp3) is 0.455. The third-order valence-corrected chi connectivity index (χ3v) is 4.61. The van der Waals surface area contributed by atoms with E-state index >= 15 is 0 Å². The van der Waals surface area contributed by atoms with Gasteiger partial charge < -0.3 is 4.74 Å². The highest BCUT2D eigenvalue weighted by molar-refractivity contribution is 5.74. The number of ether oxygens (including phenoxy) is 1. The summed E-state index contributed by atoms with van der Waals surface area (Å²) in [6.07, 6.45) is 4.68. The number of nitrogens with zero attached hydrogens (tertiary/aromatic N) is 1. The maximum absolute atomic E-state index is 11.5. The number of hydrogen-bond donors (Lipinski definition) is 0. The highest BCUT2D eigenvalue weighted by atomic mass is 16.6. The lowest BCUT2D eigenvalue weighted by Gasteiger charge is -2.13. The van der Waals surface area contributed by atoms with Gasteiger partial charge in [0.05, 0.1) is 23.2 Å². The van der Waals surface area contributed by atoms with E-state index in [0.717, 1.165) is 17.9 Å². The minimum absolute atomic E-state index is 0.0821. The van der Waals surface area contributed by atoms with Gasteiger partial charge in [0.1, 0.15) is 5.75 Å². The van der Waals surface area contributed by atoms with Gasteiger partial charge in [0.25, 0.3) is 5.69 Å². The molecule has 0 spiro atoms. The number of benzene rings is 2. The molecule has 0 heterocycles. The van der Waals surface area contributed by atoms with Gasteiger partial charge in [-0.3, -0.25) is 10.1 Å². The van der Waals surface area contributed by atoms with Crippen molar-refractivity contribution in [3.8, 4) is 16.9 Å². The van der Waals surface area contributed by atoms with Crippen LogP contribution in [-0.4, -0.2) is 11.5 Å². The van der Waals surface area contributed by atoms with E-state index in [2.05, 4.69) is 20.8 Å². The Morgan fingerprint density at radius 2 is 1.73 bits per heavy atom. The molecule has 4 nitrogen and oxygen atoms in total. The van der Waals surface area contributed by atoms with E-state index in [4.69, 9.17) is 4.74 Å². The SMILES string of the molecule is CC(C)CCCC(C)CCOc1ccc(-c2ccccc2)c([N+](=O)[O-])c1. The average Bonchev–Trinajstić information content (AvgIpc) is 2.62. The van der Waals surface area contributed by atoms with E-state index in [1.165, 1.54) is 25.3 Å². The first-order valence-electron chi connectivity index (χ1n) is 9.44. The van der Waals surface area contributed by atoms with Crippen LogP contribution in [0.3, 0.4) is 0 Å². The molecule has 140 valence electrons. The molecule has 0 aliphatic carbocycles. The smallest absolute Gasteiger partial charge is 0.280 e. The van der Waals surface area contributed by atoms with E-state index in [0.29, 0.717) is 23.8 Å². The molecule has 1 unspecified atom stereocenters. The summed E-state index contributed by atoms with van der Waals surface area (Å²) in [5, 5.41) is 11.5. The Labute approximate surface area is 156 Å². The Morgan fingerprint density at radius 1 is 1.00 bits per heavy atom. The Balaban J connectivity index is 1.94. The van der Waals surface area contributed by atoms with Gasteiger partial charge in [-0.2, -0.15) is 0 Å². The van der Waals surface area contributed by atoms with Crippen molar-refractivity contribution in [3.63, 3.8) is 0 Å². The van der Waals surface area contributed by atoms with E-state index in [-0.39, 0.29) is 10.6 Å².